The molecule has 2 aliphatic heterocycles. The van der Waals surface area contributed by atoms with E-state index in [-0.39, 0.29) is 0 Å². The van der Waals surface area contributed by atoms with Crippen LogP contribution in [-0.2, 0) is 9.84 Å². The maximum Gasteiger partial charge on any atom is 0.191 e. The average Bonchev–Trinajstić information content (AvgIpc) is 3.26. The molecule has 1 unspecified atom stereocenters. The van der Waals surface area contributed by atoms with Crippen molar-refractivity contribution in [3.8, 4) is 0 Å². The quantitative estimate of drug-likeness (QED) is 0.519. The van der Waals surface area contributed by atoms with Gasteiger partial charge in [-0.15, -0.1) is 0 Å². The number of nitrogens with zero attached hydrogens (tertiary/aromatic N) is 3. The number of rotatable bonds is 5. The van der Waals surface area contributed by atoms with Crippen molar-refractivity contribution in [2.24, 2.45) is 4.99 Å². The molecule has 3 aliphatic rings. The van der Waals surface area contributed by atoms with Gasteiger partial charge in [-0.3, -0.25) is 14.8 Å². The van der Waals surface area contributed by atoms with Gasteiger partial charge < -0.3 is 10.6 Å². The Kier molecular flexibility index (Phi) is 6.57. The number of guanidine groups is 1. The summed E-state index contributed by atoms with van der Waals surface area (Å²) in [5.41, 5.74) is 0. The Morgan fingerprint density at radius 3 is 2.52 bits per heavy atom. The number of nitrogens with one attached hydrogen (secondary N) is 2. The number of likely N-dealkylation sites (tertiary alicyclic amines) is 1. The molecule has 0 radical (unpaired) electrons. The first-order chi connectivity index (χ1) is 12.1. The molecule has 0 amide bonds. The molecule has 25 heavy (non-hydrogen) atoms. The van der Waals surface area contributed by atoms with Crippen molar-refractivity contribution in [3.63, 3.8) is 0 Å². The van der Waals surface area contributed by atoms with Gasteiger partial charge in [0.25, 0.3) is 0 Å². The highest BCUT2D eigenvalue weighted by molar-refractivity contribution is 7.91. The van der Waals surface area contributed by atoms with Crippen molar-refractivity contribution in [1.82, 2.24) is 20.4 Å². The number of hydrogen-bond acceptors (Lipinski definition) is 5. The molecular formula is C17H33N5O2S. The Balaban J connectivity index is 1.34. The van der Waals surface area contributed by atoms with E-state index in [2.05, 4.69) is 25.4 Å². The third-order valence-electron chi connectivity index (χ3n) is 5.78. The first-order valence-corrected chi connectivity index (χ1v) is 11.5. The van der Waals surface area contributed by atoms with Crippen LogP contribution in [0.4, 0.5) is 0 Å². The lowest BCUT2D eigenvalue weighted by Crippen LogP contribution is -2.48. The summed E-state index contributed by atoms with van der Waals surface area (Å²) in [5.74, 6) is 1.45. The van der Waals surface area contributed by atoms with Gasteiger partial charge in [0.05, 0.1) is 11.5 Å². The van der Waals surface area contributed by atoms with Gasteiger partial charge in [0.2, 0.25) is 0 Å². The van der Waals surface area contributed by atoms with Crippen LogP contribution in [0.15, 0.2) is 4.99 Å². The smallest absolute Gasteiger partial charge is 0.191 e. The summed E-state index contributed by atoms with van der Waals surface area (Å²) >= 11 is 0. The third-order valence-corrected chi connectivity index (χ3v) is 7.39. The van der Waals surface area contributed by atoms with Gasteiger partial charge in [0, 0.05) is 58.4 Å². The maximum absolute atomic E-state index is 11.5. The van der Waals surface area contributed by atoms with E-state index < -0.39 is 9.84 Å². The van der Waals surface area contributed by atoms with Crippen molar-refractivity contribution in [2.45, 2.75) is 44.2 Å². The fourth-order valence-electron chi connectivity index (χ4n) is 4.20. The van der Waals surface area contributed by atoms with Crippen LogP contribution >= 0.6 is 0 Å². The number of aliphatic imine (C=N–C) groups is 1. The molecule has 3 rings (SSSR count). The lowest BCUT2D eigenvalue weighted by molar-refractivity contribution is 0.242. The Labute approximate surface area is 152 Å². The Morgan fingerprint density at radius 1 is 1.12 bits per heavy atom. The largest absolute Gasteiger partial charge is 0.355 e. The zero-order valence-corrected chi connectivity index (χ0v) is 16.2. The molecule has 1 saturated carbocycles. The van der Waals surface area contributed by atoms with Gasteiger partial charge in [-0.25, -0.2) is 8.42 Å². The van der Waals surface area contributed by atoms with E-state index in [4.69, 9.17) is 0 Å². The van der Waals surface area contributed by atoms with Gasteiger partial charge in [0.15, 0.2) is 15.8 Å². The lowest BCUT2D eigenvalue weighted by Gasteiger charge is -2.27. The minimum Gasteiger partial charge on any atom is -0.355 e. The average molecular weight is 372 g/mol. The topological polar surface area (TPSA) is 77.0 Å². The molecule has 0 aromatic heterocycles. The minimum absolute atomic E-state index is 0.291. The summed E-state index contributed by atoms with van der Waals surface area (Å²) in [6.07, 6.45) is 6.69. The predicted molar refractivity (Wildman–Crippen MR) is 102 cm³/mol. The first-order valence-electron chi connectivity index (χ1n) is 9.70. The van der Waals surface area contributed by atoms with E-state index in [1.54, 1.807) is 0 Å². The van der Waals surface area contributed by atoms with Crippen LogP contribution in [0.3, 0.4) is 0 Å². The molecule has 0 spiro atoms. The van der Waals surface area contributed by atoms with Crippen molar-refractivity contribution in [2.75, 3.05) is 57.8 Å². The van der Waals surface area contributed by atoms with Crippen LogP contribution in [0, 0.1) is 0 Å². The zero-order valence-electron chi connectivity index (χ0n) is 15.4. The van der Waals surface area contributed by atoms with E-state index in [1.807, 2.05) is 7.05 Å². The Morgan fingerprint density at radius 2 is 1.84 bits per heavy atom. The monoisotopic (exact) mass is 371 g/mol. The second-order valence-electron chi connectivity index (χ2n) is 7.56. The second-order valence-corrected chi connectivity index (χ2v) is 9.86. The molecule has 1 atom stereocenters. The molecule has 144 valence electrons. The molecule has 1 aliphatic carbocycles. The van der Waals surface area contributed by atoms with Gasteiger partial charge >= 0.3 is 0 Å². The Bertz CT molecular complexity index is 545. The third kappa shape index (κ3) is 5.56. The summed E-state index contributed by atoms with van der Waals surface area (Å²) in [7, 11) is -0.981. The van der Waals surface area contributed by atoms with Gasteiger partial charge in [0.1, 0.15) is 0 Å². The summed E-state index contributed by atoms with van der Waals surface area (Å²) < 4.78 is 22.9. The van der Waals surface area contributed by atoms with E-state index in [1.165, 1.54) is 38.6 Å². The second kappa shape index (κ2) is 8.68. The molecule has 2 N–H and O–H groups in total. The molecule has 2 saturated heterocycles. The molecule has 0 bridgehead atoms. The fourth-order valence-corrected chi connectivity index (χ4v) is 5.48. The van der Waals surface area contributed by atoms with Crippen LogP contribution < -0.4 is 10.6 Å². The van der Waals surface area contributed by atoms with Gasteiger partial charge in [-0.2, -0.15) is 0 Å². The molecular weight excluding hydrogens is 338 g/mol. The van der Waals surface area contributed by atoms with Crippen LogP contribution in [0.1, 0.15) is 32.1 Å². The zero-order chi connectivity index (χ0) is 17.7. The predicted octanol–water partition coefficient (Wildman–Crippen LogP) is -0.101. The lowest BCUT2D eigenvalue weighted by atomic mass is 10.2. The molecule has 0 aromatic carbocycles. The fraction of sp³-hybridized carbons (Fsp3) is 0.941. The van der Waals surface area contributed by atoms with E-state index in [9.17, 15) is 8.42 Å². The first kappa shape index (κ1) is 18.9. The summed E-state index contributed by atoms with van der Waals surface area (Å²) in [6, 6.07) is 1.28. The molecule has 7 nitrogen and oxygen atoms in total. The van der Waals surface area contributed by atoms with E-state index in [0.717, 1.165) is 31.6 Å². The van der Waals surface area contributed by atoms with Gasteiger partial charge in [-0.1, -0.05) is 12.8 Å². The molecule has 2 heterocycles. The highest BCUT2D eigenvalue weighted by Gasteiger charge is 2.30. The van der Waals surface area contributed by atoms with Crippen molar-refractivity contribution in [3.05, 3.63) is 0 Å². The molecule has 0 aromatic rings. The highest BCUT2D eigenvalue weighted by Crippen LogP contribution is 2.26. The molecule has 8 heteroatoms. The van der Waals surface area contributed by atoms with Crippen molar-refractivity contribution < 1.29 is 8.42 Å². The maximum atomic E-state index is 11.5. The summed E-state index contributed by atoms with van der Waals surface area (Å²) in [6.45, 7) is 5.26. The van der Waals surface area contributed by atoms with Crippen LogP contribution in [0.25, 0.3) is 0 Å². The summed E-state index contributed by atoms with van der Waals surface area (Å²) in [5, 5.41) is 6.93. The number of sulfone groups is 1. The van der Waals surface area contributed by atoms with E-state index in [0.29, 0.717) is 30.6 Å². The summed E-state index contributed by atoms with van der Waals surface area (Å²) in [4.78, 5) is 9.19. The van der Waals surface area contributed by atoms with E-state index >= 15 is 0 Å². The highest BCUT2D eigenvalue weighted by atomic mass is 32.2. The standard InChI is InChI=1S/C17H33N5O2S/c1-18-17(19-7-9-21-10-12-25(23,24)13-11-21)20-15-6-8-22(14-15)16-4-2-3-5-16/h15-16H,2-14H2,1H3,(H2,18,19,20). The number of hydrogen-bond donors (Lipinski definition) is 2. The van der Waals surface area contributed by atoms with Crippen molar-refractivity contribution in [1.29, 1.82) is 0 Å². The van der Waals surface area contributed by atoms with Crippen LogP contribution in [-0.4, -0.2) is 94.1 Å². The van der Waals surface area contributed by atoms with Crippen LogP contribution in [0.5, 0.6) is 0 Å². The molecule has 3 fully saturated rings. The van der Waals surface area contributed by atoms with Crippen molar-refractivity contribution >= 4 is 15.8 Å². The SMILES string of the molecule is CN=C(NCCN1CCS(=O)(=O)CC1)NC1CCN(C2CCCC2)C1. The van der Waals surface area contributed by atoms with Gasteiger partial charge in [-0.05, 0) is 19.3 Å². The normalized spacial score (nSPS) is 29.2. The Hall–Kier alpha value is -0.860. The minimum atomic E-state index is -2.79. The van der Waals surface area contributed by atoms with Crippen LogP contribution in [0.2, 0.25) is 0 Å².